The number of nitrogens with zero attached hydrogens (tertiary/aromatic N) is 1. The largest absolute Gasteiger partial charge is 0.480 e. The molecular formula is C13H16N2O4. The van der Waals surface area contributed by atoms with Crippen molar-refractivity contribution in [3.05, 3.63) is 33.7 Å². The van der Waals surface area contributed by atoms with E-state index in [1.807, 2.05) is 0 Å². The number of pyridine rings is 1. The topological polar surface area (TPSA) is 88.4 Å². The van der Waals surface area contributed by atoms with Gasteiger partial charge in [-0.15, -0.1) is 0 Å². The Bertz CT molecular complexity index is 599. The van der Waals surface area contributed by atoms with Gasteiger partial charge in [0.1, 0.15) is 11.1 Å². The molecule has 1 aromatic rings. The molecule has 1 aliphatic rings. The molecule has 1 fully saturated rings. The van der Waals surface area contributed by atoms with Gasteiger partial charge in [-0.2, -0.15) is 0 Å². The van der Waals surface area contributed by atoms with Gasteiger partial charge in [0.05, 0.1) is 0 Å². The van der Waals surface area contributed by atoms with E-state index in [-0.39, 0.29) is 5.56 Å². The van der Waals surface area contributed by atoms with E-state index in [1.54, 1.807) is 20.0 Å². The van der Waals surface area contributed by atoms with Crippen LogP contribution in [0.15, 0.2) is 16.9 Å². The van der Waals surface area contributed by atoms with Crippen LogP contribution in [0.25, 0.3) is 0 Å². The van der Waals surface area contributed by atoms with E-state index in [2.05, 4.69) is 5.32 Å². The molecule has 0 spiro atoms. The van der Waals surface area contributed by atoms with Crippen LogP contribution in [0.1, 0.15) is 35.3 Å². The van der Waals surface area contributed by atoms with E-state index in [1.165, 1.54) is 10.6 Å². The summed E-state index contributed by atoms with van der Waals surface area (Å²) in [5.41, 5.74) is -0.913. The maximum Gasteiger partial charge on any atom is 0.329 e. The molecule has 0 saturated heterocycles. The Balaban J connectivity index is 2.29. The van der Waals surface area contributed by atoms with E-state index in [4.69, 9.17) is 5.11 Å². The average molecular weight is 264 g/mol. The summed E-state index contributed by atoms with van der Waals surface area (Å²) in [5, 5.41) is 11.6. The Hall–Kier alpha value is -2.11. The highest BCUT2D eigenvalue weighted by Crippen LogP contribution is 2.32. The zero-order chi connectivity index (χ0) is 14.2. The number of carbonyl (C=O) groups is 2. The molecule has 0 atom stereocenters. The Morgan fingerprint density at radius 1 is 1.37 bits per heavy atom. The van der Waals surface area contributed by atoms with E-state index in [9.17, 15) is 14.4 Å². The molecule has 6 nitrogen and oxygen atoms in total. The number of carbonyl (C=O) groups excluding carboxylic acids is 1. The molecule has 1 heterocycles. The van der Waals surface area contributed by atoms with Crippen molar-refractivity contribution in [2.24, 2.45) is 7.05 Å². The second kappa shape index (κ2) is 4.53. The number of carboxylic acid groups (broad SMARTS) is 1. The van der Waals surface area contributed by atoms with E-state index in [0.717, 1.165) is 12.1 Å². The zero-order valence-electron chi connectivity index (χ0n) is 10.9. The molecule has 1 aromatic heterocycles. The molecule has 0 bridgehead atoms. The van der Waals surface area contributed by atoms with Gasteiger partial charge in [0.15, 0.2) is 0 Å². The van der Waals surface area contributed by atoms with E-state index < -0.39 is 23.0 Å². The summed E-state index contributed by atoms with van der Waals surface area (Å²) in [7, 11) is 1.57. The fraction of sp³-hybridized carbons (Fsp3) is 0.462. The van der Waals surface area contributed by atoms with Gasteiger partial charge < -0.3 is 15.0 Å². The lowest BCUT2D eigenvalue weighted by molar-refractivity contribution is -0.148. The lowest BCUT2D eigenvalue weighted by Gasteiger charge is -2.38. The maximum atomic E-state index is 12.1. The number of aromatic nitrogens is 1. The average Bonchev–Trinajstić information content (AvgIpc) is 2.30. The molecule has 2 rings (SSSR count). The Labute approximate surface area is 110 Å². The first kappa shape index (κ1) is 13.3. The van der Waals surface area contributed by atoms with Gasteiger partial charge in [0, 0.05) is 12.7 Å². The monoisotopic (exact) mass is 264 g/mol. The molecule has 1 amide bonds. The minimum atomic E-state index is -1.20. The summed E-state index contributed by atoms with van der Waals surface area (Å²) in [6.07, 6.45) is 1.57. The molecule has 1 aliphatic carbocycles. The summed E-state index contributed by atoms with van der Waals surface area (Å²) in [6, 6.07) is 3.09. The number of aryl methyl sites for hydroxylation is 1. The van der Waals surface area contributed by atoms with Crippen molar-refractivity contribution in [1.29, 1.82) is 0 Å². The van der Waals surface area contributed by atoms with Gasteiger partial charge in [-0.25, -0.2) is 4.79 Å². The Morgan fingerprint density at radius 2 is 2.00 bits per heavy atom. The fourth-order valence-electron chi connectivity index (χ4n) is 2.11. The summed E-state index contributed by atoms with van der Waals surface area (Å²) >= 11 is 0. The molecule has 0 aliphatic heterocycles. The second-order valence-corrected chi connectivity index (χ2v) is 4.95. The van der Waals surface area contributed by atoms with Crippen molar-refractivity contribution in [3.8, 4) is 0 Å². The number of hydrogen-bond donors (Lipinski definition) is 2. The predicted molar refractivity (Wildman–Crippen MR) is 68.1 cm³/mol. The van der Waals surface area contributed by atoms with Crippen LogP contribution < -0.4 is 10.9 Å². The molecule has 6 heteroatoms. The number of aliphatic carboxylic acids is 1. The molecule has 19 heavy (non-hydrogen) atoms. The van der Waals surface area contributed by atoms with Crippen LogP contribution >= 0.6 is 0 Å². The highest BCUT2D eigenvalue weighted by Gasteiger charge is 2.46. The Kier molecular flexibility index (Phi) is 3.18. The summed E-state index contributed by atoms with van der Waals surface area (Å²) < 4.78 is 1.36. The quantitative estimate of drug-likeness (QED) is 0.828. The van der Waals surface area contributed by atoms with Crippen molar-refractivity contribution in [2.75, 3.05) is 0 Å². The van der Waals surface area contributed by atoms with Gasteiger partial charge in [-0.3, -0.25) is 9.59 Å². The van der Waals surface area contributed by atoms with Crippen molar-refractivity contribution in [1.82, 2.24) is 9.88 Å². The lowest BCUT2D eigenvalue weighted by atomic mass is 9.76. The normalized spacial score (nSPS) is 16.5. The minimum absolute atomic E-state index is 0.0272. The molecule has 2 N–H and O–H groups in total. The van der Waals surface area contributed by atoms with E-state index in [0.29, 0.717) is 12.8 Å². The van der Waals surface area contributed by atoms with Gasteiger partial charge in [0.2, 0.25) is 0 Å². The van der Waals surface area contributed by atoms with Gasteiger partial charge in [-0.05, 0) is 38.3 Å². The first-order valence-electron chi connectivity index (χ1n) is 6.10. The second-order valence-electron chi connectivity index (χ2n) is 4.95. The number of nitrogens with one attached hydrogen (secondary N) is 1. The highest BCUT2D eigenvalue weighted by atomic mass is 16.4. The van der Waals surface area contributed by atoms with Gasteiger partial charge in [0.25, 0.3) is 11.5 Å². The SMILES string of the molecule is Cc1ccc(C(=O)NC2(C(=O)O)CCC2)c(=O)n1C. The van der Waals surface area contributed by atoms with Crippen molar-refractivity contribution >= 4 is 11.9 Å². The van der Waals surface area contributed by atoms with Crippen LogP contribution in [0.5, 0.6) is 0 Å². The molecule has 102 valence electrons. The number of rotatable bonds is 3. The third-order valence-corrected chi connectivity index (χ3v) is 3.77. The number of hydrogen-bond acceptors (Lipinski definition) is 3. The van der Waals surface area contributed by atoms with Crippen LogP contribution in [0, 0.1) is 6.92 Å². The molecule has 0 unspecified atom stereocenters. The Morgan fingerprint density at radius 3 is 2.47 bits per heavy atom. The van der Waals surface area contributed by atoms with Crippen molar-refractivity contribution in [3.63, 3.8) is 0 Å². The van der Waals surface area contributed by atoms with Gasteiger partial charge in [-0.1, -0.05) is 0 Å². The number of carboxylic acids is 1. The van der Waals surface area contributed by atoms with Crippen LogP contribution in [0.4, 0.5) is 0 Å². The number of amides is 1. The predicted octanol–water partition coefficient (Wildman–Crippen LogP) is 0.431. The van der Waals surface area contributed by atoms with E-state index >= 15 is 0 Å². The van der Waals surface area contributed by atoms with Crippen molar-refractivity contribution < 1.29 is 14.7 Å². The fourth-order valence-corrected chi connectivity index (χ4v) is 2.11. The molecule has 0 aromatic carbocycles. The summed E-state index contributed by atoms with van der Waals surface area (Å²) in [6.45, 7) is 1.76. The first-order chi connectivity index (χ1) is 8.87. The standard InChI is InChI=1S/C13H16N2O4/c1-8-4-5-9(11(17)15(8)2)10(16)14-13(12(18)19)6-3-7-13/h4-5H,3,6-7H2,1-2H3,(H,14,16)(H,18,19). The molecule has 0 radical (unpaired) electrons. The third kappa shape index (κ3) is 2.14. The molecular weight excluding hydrogens is 248 g/mol. The van der Waals surface area contributed by atoms with Crippen LogP contribution in [0.2, 0.25) is 0 Å². The summed E-state index contributed by atoms with van der Waals surface area (Å²) in [4.78, 5) is 35.2. The summed E-state index contributed by atoms with van der Waals surface area (Å²) in [5.74, 6) is -1.67. The highest BCUT2D eigenvalue weighted by molar-refractivity contribution is 5.97. The van der Waals surface area contributed by atoms with Gasteiger partial charge >= 0.3 is 5.97 Å². The van der Waals surface area contributed by atoms with Crippen LogP contribution in [-0.4, -0.2) is 27.1 Å². The maximum absolute atomic E-state index is 12.1. The molecule has 1 saturated carbocycles. The van der Waals surface area contributed by atoms with Crippen LogP contribution in [-0.2, 0) is 11.8 Å². The van der Waals surface area contributed by atoms with Crippen molar-refractivity contribution in [2.45, 2.75) is 31.7 Å². The minimum Gasteiger partial charge on any atom is -0.480 e. The zero-order valence-corrected chi connectivity index (χ0v) is 10.9. The smallest absolute Gasteiger partial charge is 0.329 e. The lowest BCUT2D eigenvalue weighted by Crippen LogP contribution is -2.59. The first-order valence-corrected chi connectivity index (χ1v) is 6.10. The third-order valence-electron chi connectivity index (χ3n) is 3.77. The van der Waals surface area contributed by atoms with Crippen LogP contribution in [0.3, 0.4) is 0 Å².